The Labute approximate surface area is 148 Å². The van der Waals surface area contributed by atoms with Crippen LogP contribution in [0.2, 0.25) is 0 Å². The van der Waals surface area contributed by atoms with Crippen LogP contribution in [-0.4, -0.2) is 4.98 Å². The van der Waals surface area contributed by atoms with E-state index in [9.17, 15) is 4.79 Å². The van der Waals surface area contributed by atoms with Crippen molar-refractivity contribution in [3.05, 3.63) is 83.2 Å². The Hall–Kier alpha value is -3.66. The SMILES string of the molecule is Nc1nc(-c2ccccc2)cc2c1c(=O)oc1c3ccccc3ccc21. The maximum Gasteiger partial charge on any atom is 0.347 e. The fourth-order valence-electron chi connectivity index (χ4n) is 3.46. The van der Waals surface area contributed by atoms with Crippen molar-refractivity contribution >= 4 is 38.3 Å². The summed E-state index contributed by atoms with van der Waals surface area (Å²) in [7, 11) is 0. The molecule has 5 aromatic rings. The van der Waals surface area contributed by atoms with E-state index in [1.165, 1.54) is 0 Å². The molecule has 0 saturated heterocycles. The lowest BCUT2D eigenvalue weighted by molar-refractivity contribution is 0.573. The van der Waals surface area contributed by atoms with Crippen LogP contribution in [0.4, 0.5) is 5.82 Å². The van der Waals surface area contributed by atoms with Crippen molar-refractivity contribution in [1.82, 2.24) is 4.98 Å². The molecule has 0 unspecified atom stereocenters. The van der Waals surface area contributed by atoms with Gasteiger partial charge < -0.3 is 10.2 Å². The quantitative estimate of drug-likeness (QED) is 0.354. The Bertz CT molecular complexity index is 1360. The van der Waals surface area contributed by atoms with Crippen LogP contribution in [0.1, 0.15) is 0 Å². The number of nitrogens with two attached hydrogens (primary N) is 1. The number of pyridine rings is 1. The lowest BCUT2D eigenvalue weighted by atomic mass is 10.0. The molecule has 0 fully saturated rings. The molecular formula is C22H14N2O2. The van der Waals surface area contributed by atoms with Crippen molar-refractivity contribution < 1.29 is 4.42 Å². The fourth-order valence-corrected chi connectivity index (χ4v) is 3.46. The fraction of sp³-hybridized carbons (Fsp3) is 0. The normalized spacial score (nSPS) is 11.4. The third kappa shape index (κ3) is 2.09. The van der Waals surface area contributed by atoms with Crippen LogP contribution in [0, 0.1) is 0 Å². The van der Waals surface area contributed by atoms with Crippen molar-refractivity contribution in [3.63, 3.8) is 0 Å². The first-order valence-corrected chi connectivity index (χ1v) is 8.32. The molecule has 2 heterocycles. The predicted molar refractivity (Wildman–Crippen MR) is 105 cm³/mol. The van der Waals surface area contributed by atoms with Gasteiger partial charge in [0, 0.05) is 21.7 Å². The number of anilines is 1. The molecule has 0 saturated carbocycles. The van der Waals surface area contributed by atoms with Crippen molar-refractivity contribution in [3.8, 4) is 11.3 Å². The second-order valence-corrected chi connectivity index (χ2v) is 6.23. The average molecular weight is 338 g/mol. The molecule has 0 spiro atoms. The van der Waals surface area contributed by atoms with Crippen LogP contribution < -0.4 is 11.4 Å². The maximum atomic E-state index is 12.6. The van der Waals surface area contributed by atoms with E-state index in [1.54, 1.807) is 0 Å². The minimum Gasteiger partial charge on any atom is -0.421 e. The van der Waals surface area contributed by atoms with E-state index < -0.39 is 5.63 Å². The van der Waals surface area contributed by atoms with Crippen molar-refractivity contribution in [2.75, 3.05) is 5.73 Å². The monoisotopic (exact) mass is 338 g/mol. The number of hydrogen-bond acceptors (Lipinski definition) is 4. The number of aromatic nitrogens is 1. The number of fused-ring (bicyclic) bond motifs is 5. The topological polar surface area (TPSA) is 69.1 Å². The van der Waals surface area contributed by atoms with Crippen molar-refractivity contribution in [1.29, 1.82) is 0 Å². The van der Waals surface area contributed by atoms with Gasteiger partial charge in [0.05, 0.1) is 5.69 Å². The summed E-state index contributed by atoms with van der Waals surface area (Å²) < 4.78 is 5.64. The number of nitrogen functional groups attached to an aromatic ring is 1. The van der Waals surface area contributed by atoms with Gasteiger partial charge in [-0.25, -0.2) is 9.78 Å². The Morgan fingerprint density at radius 2 is 1.58 bits per heavy atom. The molecule has 0 atom stereocenters. The summed E-state index contributed by atoms with van der Waals surface area (Å²) in [6, 6.07) is 23.5. The molecule has 2 N–H and O–H groups in total. The summed E-state index contributed by atoms with van der Waals surface area (Å²) in [5.41, 5.74) is 7.92. The van der Waals surface area contributed by atoms with E-state index in [-0.39, 0.29) is 5.82 Å². The number of hydrogen-bond donors (Lipinski definition) is 1. The first-order chi connectivity index (χ1) is 12.7. The molecule has 4 nitrogen and oxygen atoms in total. The van der Waals surface area contributed by atoms with Gasteiger partial charge in [-0.05, 0) is 17.5 Å². The molecule has 0 aliphatic heterocycles. The molecule has 3 aromatic carbocycles. The van der Waals surface area contributed by atoms with Gasteiger partial charge in [-0.1, -0.05) is 60.7 Å². The van der Waals surface area contributed by atoms with E-state index >= 15 is 0 Å². The number of nitrogens with zero attached hydrogens (tertiary/aromatic N) is 1. The summed E-state index contributed by atoms with van der Waals surface area (Å²) in [5.74, 6) is 0.185. The molecule has 26 heavy (non-hydrogen) atoms. The molecule has 0 amide bonds. The highest BCUT2D eigenvalue weighted by atomic mass is 16.4. The summed E-state index contributed by atoms with van der Waals surface area (Å²) >= 11 is 0. The van der Waals surface area contributed by atoms with E-state index in [0.717, 1.165) is 32.8 Å². The highest BCUT2D eigenvalue weighted by Crippen LogP contribution is 2.33. The van der Waals surface area contributed by atoms with Gasteiger partial charge in [0.1, 0.15) is 16.8 Å². The smallest absolute Gasteiger partial charge is 0.347 e. The number of rotatable bonds is 1. The molecule has 5 rings (SSSR count). The third-order valence-corrected chi connectivity index (χ3v) is 4.69. The third-order valence-electron chi connectivity index (χ3n) is 4.69. The highest BCUT2D eigenvalue weighted by molar-refractivity contribution is 6.15. The molecule has 124 valence electrons. The van der Waals surface area contributed by atoms with Gasteiger partial charge in [0.2, 0.25) is 0 Å². The highest BCUT2D eigenvalue weighted by Gasteiger charge is 2.15. The molecule has 0 radical (unpaired) electrons. The van der Waals surface area contributed by atoms with Crippen LogP contribution in [0.25, 0.3) is 43.8 Å². The van der Waals surface area contributed by atoms with Crippen LogP contribution in [0.3, 0.4) is 0 Å². The summed E-state index contributed by atoms with van der Waals surface area (Å²) in [6.45, 7) is 0. The molecular weight excluding hydrogens is 324 g/mol. The molecule has 0 aliphatic rings. The zero-order valence-corrected chi connectivity index (χ0v) is 13.8. The minimum absolute atomic E-state index is 0.185. The van der Waals surface area contributed by atoms with Crippen LogP contribution >= 0.6 is 0 Å². The van der Waals surface area contributed by atoms with Gasteiger partial charge >= 0.3 is 5.63 Å². The zero-order chi connectivity index (χ0) is 17.7. The van der Waals surface area contributed by atoms with Gasteiger partial charge in [-0.2, -0.15) is 0 Å². The summed E-state index contributed by atoms with van der Waals surface area (Å²) in [6.07, 6.45) is 0. The van der Waals surface area contributed by atoms with E-state index in [1.807, 2.05) is 72.8 Å². The van der Waals surface area contributed by atoms with E-state index in [0.29, 0.717) is 11.0 Å². The van der Waals surface area contributed by atoms with Gasteiger partial charge in [-0.3, -0.25) is 0 Å². The van der Waals surface area contributed by atoms with Crippen molar-refractivity contribution in [2.45, 2.75) is 0 Å². The Morgan fingerprint density at radius 1 is 0.808 bits per heavy atom. The van der Waals surface area contributed by atoms with Crippen LogP contribution in [0.5, 0.6) is 0 Å². The van der Waals surface area contributed by atoms with E-state index in [4.69, 9.17) is 10.2 Å². The first kappa shape index (κ1) is 14.7. The van der Waals surface area contributed by atoms with Crippen molar-refractivity contribution in [2.24, 2.45) is 0 Å². The summed E-state index contributed by atoms with van der Waals surface area (Å²) in [5, 5.41) is 3.86. The van der Waals surface area contributed by atoms with E-state index in [2.05, 4.69) is 4.98 Å². The number of benzene rings is 3. The second kappa shape index (κ2) is 5.43. The van der Waals surface area contributed by atoms with Gasteiger partial charge in [0.25, 0.3) is 0 Å². The summed E-state index contributed by atoms with van der Waals surface area (Å²) in [4.78, 5) is 17.0. The maximum absolute atomic E-state index is 12.6. The van der Waals surface area contributed by atoms with Crippen LogP contribution in [-0.2, 0) is 0 Å². The lowest BCUT2D eigenvalue weighted by Gasteiger charge is -2.09. The average Bonchev–Trinajstić information content (AvgIpc) is 2.68. The first-order valence-electron chi connectivity index (χ1n) is 8.32. The Kier molecular flexibility index (Phi) is 3.06. The standard InChI is InChI=1S/C22H14N2O2/c23-21-19-17(12-18(24-21)14-7-2-1-3-8-14)16-11-10-13-6-4-5-9-15(13)20(16)26-22(19)25/h1-12H,(H2,23,24). The van der Waals surface area contributed by atoms with Crippen LogP contribution in [0.15, 0.2) is 82.0 Å². The molecule has 0 bridgehead atoms. The molecule has 4 heteroatoms. The zero-order valence-electron chi connectivity index (χ0n) is 13.8. The van der Waals surface area contributed by atoms with Gasteiger partial charge in [-0.15, -0.1) is 0 Å². The second-order valence-electron chi connectivity index (χ2n) is 6.23. The Morgan fingerprint density at radius 3 is 2.42 bits per heavy atom. The molecule has 0 aliphatic carbocycles. The minimum atomic E-state index is -0.464. The largest absolute Gasteiger partial charge is 0.421 e. The predicted octanol–water partition coefficient (Wildman–Crippen LogP) is 4.74. The molecule has 2 aromatic heterocycles. The Balaban J connectivity index is 1.97. The lowest BCUT2D eigenvalue weighted by Crippen LogP contribution is -2.06. The van der Waals surface area contributed by atoms with Gasteiger partial charge in [0.15, 0.2) is 0 Å².